The van der Waals surface area contributed by atoms with Crippen LogP contribution in [0.2, 0.25) is 0 Å². The molecular weight excluding hydrogens is 232 g/mol. The highest BCUT2D eigenvalue weighted by Gasteiger charge is 2.20. The van der Waals surface area contributed by atoms with Gasteiger partial charge in [-0.2, -0.15) is 5.10 Å². The van der Waals surface area contributed by atoms with E-state index in [1.165, 1.54) is 25.7 Å². The molecule has 1 saturated carbocycles. The number of aromatic nitrogens is 4. The fourth-order valence-electron chi connectivity index (χ4n) is 2.52. The number of hydrogen-bond donors (Lipinski definition) is 1. The fourth-order valence-corrected chi connectivity index (χ4v) is 2.80. The minimum absolute atomic E-state index is 0.826. The Morgan fingerprint density at radius 2 is 2.24 bits per heavy atom. The molecule has 1 N–H and O–H groups in total. The van der Waals surface area contributed by atoms with Gasteiger partial charge in [0.1, 0.15) is 5.52 Å². The van der Waals surface area contributed by atoms with Crippen molar-refractivity contribution in [3.05, 3.63) is 10.5 Å². The Kier molecular flexibility index (Phi) is 2.58. The van der Waals surface area contributed by atoms with Gasteiger partial charge in [-0.3, -0.25) is 4.68 Å². The molecule has 1 fully saturated rings. The summed E-state index contributed by atoms with van der Waals surface area (Å²) in [5, 5.41) is 4.43. The number of nitrogens with zero attached hydrogens (tertiary/aromatic N) is 3. The number of aryl methyl sites for hydroxylation is 3. The van der Waals surface area contributed by atoms with E-state index in [9.17, 15) is 0 Å². The van der Waals surface area contributed by atoms with E-state index in [0.29, 0.717) is 0 Å². The Hall–Kier alpha value is -1.10. The van der Waals surface area contributed by atoms with E-state index in [1.807, 2.05) is 18.7 Å². The monoisotopic (exact) mass is 250 g/mol. The van der Waals surface area contributed by atoms with Crippen molar-refractivity contribution in [1.29, 1.82) is 0 Å². The maximum absolute atomic E-state index is 5.39. The number of H-pyrrole nitrogens is 1. The first-order valence-electron chi connectivity index (χ1n) is 6.29. The molecule has 5 heteroatoms. The van der Waals surface area contributed by atoms with E-state index < -0.39 is 0 Å². The maximum atomic E-state index is 5.39. The Morgan fingerprint density at radius 3 is 2.94 bits per heavy atom. The average molecular weight is 250 g/mol. The summed E-state index contributed by atoms with van der Waals surface area (Å²) in [6, 6.07) is 0. The third-order valence-corrected chi connectivity index (χ3v) is 3.94. The largest absolute Gasteiger partial charge is 0.328 e. The van der Waals surface area contributed by atoms with Crippen LogP contribution in [0.1, 0.15) is 31.4 Å². The number of imidazole rings is 1. The number of hydrogen-bond acceptors (Lipinski definition) is 2. The molecule has 0 aliphatic heterocycles. The van der Waals surface area contributed by atoms with Crippen LogP contribution in [-0.2, 0) is 13.6 Å². The first-order chi connectivity index (χ1) is 8.16. The van der Waals surface area contributed by atoms with Gasteiger partial charge in [-0.15, -0.1) is 0 Å². The zero-order valence-corrected chi connectivity index (χ0v) is 11.2. The first-order valence-corrected chi connectivity index (χ1v) is 6.69. The van der Waals surface area contributed by atoms with Crippen molar-refractivity contribution in [3.8, 4) is 0 Å². The Morgan fingerprint density at radius 1 is 1.47 bits per heavy atom. The standard InChI is InChI=1S/C12H18N4S/c1-8-10-11(15(2)14-8)16(12(17)13-10)7-3-4-9-5-6-9/h9H,3-7H2,1-2H3,(H,13,17). The second-order valence-corrected chi connectivity index (χ2v) is 5.46. The molecule has 1 aliphatic rings. The number of aromatic amines is 1. The normalized spacial score (nSPS) is 15.9. The minimum atomic E-state index is 0.826. The lowest BCUT2D eigenvalue weighted by Gasteiger charge is -2.04. The number of rotatable bonds is 4. The van der Waals surface area contributed by atoms with Crippen LogP contribution in [0, 0.1) is 17.6 Å². The van der Waals surface area contributed by atoms with Gasteiger partial charge in [0, 0.05) is 13.6 Å². The molecule has 4 nitrogen and oxygen atoms in total. The molecule has 92 valence electrons. The Balaban J connectivity index is 1.90. The molecule has 2 aromatic heterocycles. The zero-order chi connectivity index (χ0) is 12.0. The molecule has 0 bridgehead atoms. The lowest BCUT2D eigenvalue weighted by molar-refractivity contribution is 0.571. The lowest BCUT2D eigenvalue weighted by Crippen LogP contribution is -2.03. The summed E-state index contributed by atoms with van der Waals surface area (Å²) in [5.74, 6) is 0.992. The van der Waals surface area contributed by atoms with Crippen molar-refractivity contribution in [2.45, 2.75) is 39.2 Å². The molecular formula is C12H18N4S. The van der Waals surface area contributed by atoms with E-state index in [0.717, 1.165) is 34.1 Å². The number of nitrogens with one attached hydrogen (secondary N) is 1. The summed E-state index contributed by atoms with van der Waals surface area (Å²) in [6.07, 6.45) is 5.42. The van der Waals surface area contributed by atoms with Crippen molar-refractivity contribution in [2.75, 3.05) is 0 Å². The van der Waals surface area contributed by atoms with Gasteiger partial charge in [0.15, 0.2) is 10.4 Å². The minimum Gasteiger partial charge on any atom is -0.328 e. The zero-order valence-electron chi connectivity index (χ0n) is 10.4. The van der Waals surface area contributed by atoms with Crippen LogP contribution >= 0.6 is 12.2 Å². The maximum Gasteiger partial charge on any atom is 0.179 e. The van der Waals surface area contributed by atoms with Crippen LogP contribution in [-0.4, -0.2) is 19.3 Å². The molecule has 0 saturated heterocycles. The van der Waals surface area contributed by atoms with Crippen molar-refractivity contribution < 1.29 is 0 Å². The van der Waals surface area contributed by atoms with Gasteiger partial charge in [-0.1, -0.05) is 12.8 Å². The third kappa shape index (κ3) is 1.92. The van der Waals surface area contributed by atoms with Gasteiger partial charge in [-0.25, -0.2) is 0 Å². The van der Waals surface area contributed by atoms with E-state index in [1.54, 1.807) is 0 Å². The van der Waals surface area contributed by atoms with Gasteiger partial charge in [0.05, 0.1) is 5.69 Å². The Labute approximate surface area is 106 Å². The molecule has 0 atom stereocenters. The van der Waals surface area contributed by atoms with Crippen LogP contribution in [0.15, 0.2) is 0 Å². The molecule has 0 unspecified atom stereocenters. The fraction of sp³-hybridized carbons (Fsp3) is 0.667. The third-order valence-electron chi connectivity index (χ3n) is 3.62. The predicted octanol–water partition coefficient (Wildman–Crippen LogP) is 2.93. The van der Waals surface area contributed by atoms with Crippen molar-refractivity contribution in [2.24, 2.45) is 13.0 Å². The van der Waals surface area contributed by atoms with Crippen LogP contribution in [0.5, 0.6) is 0 Å². The summed E-state index contributed by atoms with van der Waals surface area (Å²) in [6.45, 7) is 3.02. The molecule has 17 heavy (non-hydrogen) atoms. The van der Waals surface area contributed by atoms with Gasteiger partial charge in [-0.05, 0) is 37.9 Å². The highest BCUT2D eigenvalue weighted by Crippen LogP contribution is 2.33. The smallest absolute Gasteiger partial charge is 0.179 e. The SMILES string of the molecule is Cc1nn(C)c2c1[nH]c(=S)n2CCCC1CC1. The lowest BCUT2D eigenvalue weighted by atomic mass is 10.2. The van der Waals surface area contributed by atoms with Crippen LogP contribution < -0.4 is 0 Å². The van der Waals surface area contributed by atoms with E-state index >= 15 is 0 Å². The molecule has 3 rings (SSSR count). The highest BCUT2D eigenvalue weighted by molar-refractivity contribution is 7.71. The van der Waals surface area contributed by atoms with Crippen LogP contribution in [0.3, 0.4) is 0 Å². The molecule has 0 amide bonds. The first kappa shape index (κ1) is 11.0. The van der Waals surface area contributed by atoms with E-state index in [2.05, 4.69) is 14.6 Å². The quantitative estimate of drug-likeness (QED) is 0.847. The van der Waals surface area contributed by atoms with Crippen molar-refractivity contribution in [1.82, 2.24) is 19.3 Å². The van der Waals surface area contributed by atoms with Gasteiger partial charge >= 0.3 is 0 Å². The highest BCUT2D eigenvalue weighted by atomic mass is 32.1. The molecule has 0 spiro atoms. The Bertz CT molecular complexity index is 600. The second kappa shape index (κ2) is 3.98. The molecule has 1 aliphatic carbocycles. The van der Waals surface area contributed by atoms with E-state index in [4.69, 9.17) is 12.2 Å². The van der Waals surface area contributed by atoms with Crippen LogP contribution in [0.25, 0.3) is 11.2 Å². The average Bonchev–Trinajstić information content (AvgIpc) is 2.97. The van der Waals surface area contributed by atoms with E-state index in [-0.39, 0.29) is 0 Å². The summed E-state index contributed by atoms with van der Waals surface area (Å²) < 4.78 is 4.94. The second-order valence-electron chi connectivity index (χ2n) is 5.08. The van der Waals surface area contributed by atoms with Crippen LogP contribution in [0.4, 0.5) is 0 Å². The summed E-state index contributed by atoms with van der Waals surface area (Å²) in [4.78, 5) is 3.26. The van der Waals surface area contributed by atoms with Crippen molar-refractivity contribution >= 4 is 23.4 Å². The van der Waals surface area contributed by atoms with Gasteiger partial charge in [0.25, 0.3) is 0 Å². The summed E-state index contributed by atoms with van der Waals surface area (Å²) in [7, 11) is 1.98. The number of fused-ring (bicyclic) bond motifs is 1. The molecule has 2 aromatic rings. The molecule has 0 aromatic carbocycles. The predicted molar refractivity (Wildman–Crippen MR) is 70.6 cm³/mol. The topological polar surface area (TPSA) is 38.5 Å². The summed E-state index contributed by atoms with van der Waals surface area (Å²) in [5.41, 5.74) is 3.24. The summed E-state index contributed by atoms with van der Waals surface area (Å²) >= 11 is 5.39. The molecule has 0 radical (unpaired) electrons. The van der Waals surface area contributed by atoms with Gasteiger partial charge < -0.3 is 9.55 Å². The van der Waals surface area contributed by atoms with Crippen molar-refractivity contribution in [3.63, 3.8) is 0 Å². The van der Waals surface area contributed by atoms with Gasteiger partial charge in [0.2, 0.25) is 0 Å². The molecule has 2 heterocycles.